The summed E-state index contributed by atoms with van der Waals surface area (Å²) in [5.74, 6) is -5.05. The summed E-state index contributed by atoms with van der Waals surface area (Å²) in [6.07, 6.45) is -5.36. The second kappa shape index (κ2) is 7.73. The van der Waals surface area contributed by atoms with Crippen LogP contribution in [0.2, 0.25) is 0 Å². The van der Waals surface area contributed by atoms with Gasteiger partial charge in [0.2, 0.25) is 17.4 Å². The van der Waals surface area contributed by atoms with Crippen LogP contribution < -0.4 is 5.73 Å². The first-order valence-electron chi connectivity index (χ1n) is 10.2. The van der Waals surface area contributed by atoms with Gasteiger partial charge in [-0.25, -0.2) is 0 Å². The number of carboxylic acid groups (broad SMARTS) is 1. The zero-order valence-corrected chi connectivity index (χ0v) is 14.9. The predicted molar refractivity (Wildman–Crippen MR) is 98.0 cm³/mol. The monoisotopic (exact) mass is 408 g/mol. The number of carboxylic acids is 1. The van der Waals surface area contributed by atoms with Crippen LogP contribution in [0, 0.1) is 0 Å². The third kappa shape index (κ3) is 4.49. The van der Waals surface area contributed by atoms with Crippen molar-refractivity contribution in [2.24, 2.45) is 5.73 Å². The molecular formula is C19H17NO7S. The van der Waals surface area contributed by atoms with E-state index in [-0.39, 0.29) is 16.7 Å². The highest BCUT2D eigenvalue weighted by Gasteiger charge is 2.39. The van der Waals surface area contributed by atoms with E-state index in [1.54, 1.807) is 6.07 Å². The Labute approximate surface area is 168 Å². The number of carbonyl (C=O) groups excluding carboxylic acids is 1. The molecule has 146 valence electrons. The van der Waals surface area contributed by atoms with Crippen LogP contribution in [0.1, 0.15) is 29.6 Å². The summed E-state index contributed by atoms with van der Waals surface area (Å²) in [6.45, 7) is 0. The van der Waals surface area contributed by atoms with E-state index in [4.69, 9.17) is 22.4 Å². The maximum absolute atomic E-state index is 12.8. The molecule has 0 aromatic heterocycles. The number of rotatable bonds is 7. The first-order chi connectivity index (χ1) is 15.1. The van der Waals surface area contributed by atoms with E-state index in [9.17, 15) is 18.0 Å². The first kappa shape index (κ1) is 13.8. The molecule has 1 aliphatic heterocycles. The van der Waals surface area contributed by atoms with Gasteiger partial charge < -0.3 is 19.8 Å². The van der Waals surface area contributed by atoms with Crippen LogP contribution in [0.25, 0.3) is 0 Å². The third-order valence-electron chi connectivity index (χ3n) is 3.46. The van der Waals surface area contributed by atoms with Gasteiger partial charge in [0.1, 0.15) is 5.70 Å². The Balaban J connectivity index is 1.90. The van der Waals surface area contributed by atoms with Crippen LogP contribution in [0.4, 0.5) is 0 Å². The van der Waals surface area contributed by atoms with Gasteiger partial charge in [-0.2, -0.15) is 8.42 Å². The fourth-order valence-electron chi connectivity index (χ4n) is 2.30. The first-order valence-corrected chi connectivity index (χ1v) is 9.13. The van der Waals surface area contributed by atoms with Crippen molar-refractivity contribution in [3.8, 4) is 0 Å². The van der Waals surface area contributed by atoms with Gasteiger partial charge in [0.05, 0.1) is 10.5 Å². The van der Waals surface area contributed by atoms with Crippen LogP contribution in [-0.2, 0) is 40.7 Å². The number of nitrogens with two attached hydrogens (primary N) is 1. The molecule has 1 atom stereocenters. The highest BCUT2D eigenvalue weighted by molar-refractivity contribution is 7.86. The second-order valence-electron chi connectivity index (χ2n) is 5.47. The van der Waals surface area contributed by atoms with Crippen molar-refractivity contribution in [1.29, 1.82) is 0 Å². The van der Waals surface area contributed by atoms with Crippen LogP contribution in [-0.4, -0.2) is 25.3 Å². The number of ether oxygens (including phenoxy) is 1. The molecule has 1 heterocycles. The molecule has 0 bridgehead atoms. The smallest absolute Gasteiger partial charge is 0.313 e. The molecule has 8 nitrogen and oxygen atoms in total. The van der Waals surface area contributed by atoms with Crippen molar-refractivity contribution in [2.75, 3.05) is 0 Å². The van der Waals surface area contributed by atoms with E-state index >= 15 is 0 Å². The van der Waals surface area contributed by atoms with E-state index in [1.807, 2.05) is 0 Å². The Kier molecular flexibility index (Phi) is 3.80. The van der Waals surface area contributed by atoms with Gasteiger partial charge >= 0.3 is 16.1 Å². The molecular weight excluding hydrogens is 386 g/mol. The summed E-state index contributed by atoms with van der Waals surface area (Å²) in [5.41, 5.74) is 1.75. The number of ketones is 1. The standard InChI is InChI=1S/C19H17NO7S/c20-19-18(27-28(24,25)11-13-4-2-1-3-5-13)16(23)17(26-19)14-8-6-12(7-9-14)10-15(21)22/h1-9,17H,10-11,20H2,(H,21,22)/t17-/m0/s1/i10D2,11D2,17D. The van der Waals surface area contributed by atoms with Crippen molar-refractivity contribution in [2.45, 2.75) is 18.2 Å². The van der Waals surface area contributed by atoms with Crippen molar-refractivity contribution in [1.82, 2.24) is 0 Å². The van der Waals surface area contributed by atoms with Gasteiger partial charge in [-0.15, -0.1) is 0 Å². The lowest BCUT2D eigenvalue weighted by molar-refractivity contribution is -0.136. The highest BCUT2D eigenvalue weighted by Crippen LogP contribution is 2.32. The minimum Gasteiger partial charge on any atom is -0.481 e. The Hall–Kier alpha value is -3.33. The van der Waals surface area contributed by atoms with Crippen LogP contribution in [0.3, 0.4) is 0 Å². The molecule has 3 rings (SSSR count). The van der Waals surface area contributed by atoms with Gasteiger partial charge in [-0.05, 0) is 11.1 Å². The second-order valence-corrected chi connectivity index (χ2v) is 6.75. The van der Waals surface area contributed by atoms with Gasteiger partial charge in [0.15, 0.2) is 6.08 Å². The third-order valence-corrected chi connectivity index (χ3v) is 4.33. The predicted octanol–water partition coefficient (Wildman–Crippen LogP) is 1.63. The van der Waals surface area contributed by atoms with Crippen molar-refractivity contribution in [3.63, 3.8) is 0 Å². The molecule has 0 saturated heterocycles. The largest absolute Gasteiger partial charge is 0.481 e. The van der Waals surface area contributed by atoms with E-state index < -0.39 is 51.7 Å². The summed E-state index contributed by atoms with van der Waals surface area (Å²) in [7, 11) is -5.13. The topological polar surface area (TPSA) is 133 Å². The molecule has 1 aliphatic rings. The lowest BCUT2D eigenvalue weighted by atomic mass is 10.0. The zero-order chi connectivity index (χ0) is 24.8. The fraction of sp³-hybridized carbons (Fsp3) is 0.158. The Morgan fingerprint density at radius 2 is 1.82 bits per heavy atom. The van der Waals surface area contributed by atoms with Crippen molar-refractivity contribution >= 4 is 21.9 Å². The number of benzene rings is 2. The number of aliphatic carboxylic acids is 1. The van der Waals surface area contributed by atoms with Crippen molar-refractivity contribution in [3.05, 3.63) is 82.9 Å². The van der Waals surface area contributed by atoms with Gasteiger partial charge in [0.25, 0.3) is 0 Å². The lowest BCUT2D eigenvalue weighted by Gasteiger charge is -2.10. The normalized spacial score (nSPS) is 23.0. The molecule has 0 saturated carbocycles. The molecule has 0 fully saturated rings. The summed E-state index contributed by atoms with van der Waals surface area (Å²) < 4.78 is 74.3. The Morgan fingerprint density at radius 1 is 1.18 bits per heavy atom. The maximum atomic E-state index is 12.8. The number of Topliss-reactive ketones (excluding diaryl/α,β-unsaturated/α-hetero) is 1. The molecule has 3 N–H and O–H groups in total. The molecule has 2 aromatic rings. The molecule has 0 amide bonds. The van der Waals surface area contributed by atoms with Crippen LogP contribution in [0.15, 0.2) is 66.2 Å². The highest BCUT2D eigenvalue weighted by atomic mass is 32.2. The van der Waals surface area contributed by atoms with Crippen LogP contribution in [0.5, 0.6) is 0 Å². The Morgan fingerprint density at radius 3 is 2.43 bits per heavy atom. The minimum atomic E-state index is -5.13. The lowest BCUT2D eigenvalue weighted by Crippen LogP contribution is -2.16. The molecule has 0 radical (unpaired) electrons. The molecule has 0 spiro atoms. The summed E-state index contributed by atoms with van der Waals surface area (Å²) >= 11 is 0. The maximum Gasteiger partial charge on any atom is 0.313 e. The summed E-state index contributed by atoms with van der Waals surface area (Å²) in [4.78, 5) is 23.9. The van der Waals surface area contributed by atoms with E-state index in [1.165, 1.54) is 24.3 Å². The minimum absolute atomic E-state index is 0.220. The average molecular weight is 408 g/mol. The number of hydrogen-bond acceptors (Lipinski definition) is 7. The summed E-state index contributed by atoms with van der Waals surface area (Å²) in [6, 6.07) is 10.9. The molecule has 28 heavy (non-hydrogen) atoms. The average Bonchev–Trinajstić information content (AvgIpc) is 2.97. The van der Waals surface area contributed by atoms with Gasteiger partial charge in [-0.1, -0.05) is 54.6 Å². The fourth-order valence-corrected chi connectivity index (χ4v) is 3.14. The van der Waals surface area contributed by atoms with E-state index in [2.05, 4.69) is 4.18 Å². The number of carbonyl (C=O) groups is 2. The molecule has 0 aliphatic carbocycles. The van der Waals surface area contributed by atoms with Crippen LogP contribution >= 0.6 is 0 Å². The molecule has 0 unspecified atom stereocenters. The quantitative estimate of drug-likeness (QED) is 0.661. The zero-order valence-electron chi connectivity index (χ0n) is 19.1. The van der Waals surface area contributed by atoms with Crippen molar-refractivity contribution < 1.29 is 38.9 Å². The molecule has 9 heteroatoms. The molecule has 2 aromatic carbocycles. The Bertz CT molecular complexity index is 1250. The van der Waals surface area contributed by atoms with Gasteiger partial charge in [0, 0.05) is 8.30 Å². The number of hydrogen-bond donors (Lipinski definition) is 2. The van der Waals surface area contributed by atoms with Gasteiger partial charge in [-0.3, -0.25) is 9.59 Å². The van der Waals surface area contributed by atoms with E-state index in [0.717, 1.165) is 24.3 Å². The summed E-state index contributed by atoms with van der Waals surface area (Å²) in [5, 5.41) is 8.98. The SMILES string of the molecule is [2H]C([2H])(C(=O)O)c1ccc([C@]2([2H])OC(N)=C(OS(=O)(=O)C([2H])([2H])c3ccccc3)C2=O)cc1. The van der Waals surface area contributed by atoms with E-state index in [0.29, 0.717) is 0 Å².